The minimum atomic E-state index is -3.64. The summed E-state index contributed by atoms with van der Waals surface area (Å²) >= 11 is 0. The number of hydrogen-bond donors (Lipinski definition) is 2. The van der Waals surface area contributed by atoms with Crippen LogP contribution in [0.2, 0.25) is 0 Å². The lowest BCUT2D eigenvalue weighted by atomic mass is 10.1. The van der Waals surface area contributed by atoms with E-state index in [-0.39, 0.29) is 5.03 Å². The molecule has 0 bridgehead atoms. The molecular weight excluding hydrogens is 268 g/mol. The Morgan fingerprint density at radius 2 is 2.05 bits per heavy atom. The Balaban J connectivity index is 2.26. The van der Waals surface area contributed by atoms with Crippen LogP contribution in [-0.4, -0.2) is 23.5 Å². The molecule has 1 atom stereocenters. The Morgan fingerprint density at radius 3 is 2.53 bits per heavy atom. The first-order chi connectivity index (χ1) is 8.81. The van der Waals surface area contributed by atoms with E-state index < -0.39 is 16.1 Å². The molecule has 2 aromatic heterocycles. The van der Waals surface area contributed by atoms with Gasteiger partial charge in [0.05, 0.1) is 11.9 Å². The van der Waals surface area contributed by atoms with Crippen LogP contribution in [-0.2, 0) is 10.0 Å². The molecule has 0 aliphatic heterocycles. The molecule has 0 aromatic carbocycles. The van der Waals surface area contributed by atoms with Gasteiger partial charge in [-0.25, -0.2) is 18.1 Å². The highest BCUT2D eigenvalue weighted by Crippen LogP contribution is 2.22. The molecule has 0 saturated heterocycles. The predicted octanol–water partition coefficient (Wildman–Crippen LogP) is 1.36. The van der Waals surface area contributed by atoms with Gasteiger partial charge in [-0.3, -0.25) is 0 Å². The van der Waals surface area contributed by atoms with E-state index in [4.69, 9.17) is 4.52 Å². The quantitative estimate of drug-likeness (QED) is 0.882. The lowest BCUT2D eigenvalue weighted by Crippen LogP contribution is -2.27. The topological polar surface area (TPSA) is 101 Å². The summed E-state index contributed by atoms with van der Waals surface area (Å²) < 4.78 is 31.9. The first kappa shape index (κ1) is 13.8. The van der Waals surface area contributed by atoms with Gasteiger partial charge in [-0.1, -0.05) is 5.16 Å². The number of H-pyrrole nitrogens is 1. The summed E-state index contributed by atoms with van der Waals surface area (Å²) in [7, 11) is -3.64. The van der Waals surface area contributed by atoms with Crippen molar-refractivity contribution in [3.05, 3.63) is 29.0 Å². The fourth-order valence-corrected chi connectivity index (χ4v) is 3.18. The average Bonchev–Trinajstić information content (AvgIpc) is 2.85. The molecule has 19 heavy (non-hydrogen) atoms. The maximum atomic E-state index is 12.1. The van der Waals surface area contributed by atoms with Gasteiger partial charge in [-0.15, -0.1) is 0 Å². The molecule has 0 saturated carbocycles. The highest BCUT2D eigenvalue weighted by molar-refractivity contribution is 7.89. The number of nitrogens with one attached hydrogen (secondary N) is 2. The van der Waals surface area contributed by atoms with E-state index in [9.17, 15) is 8.42 Å². The second-order valence-electron chi connectivity index (χ2n) is 4.41. The van der Waals surface area contributed by atoms with E-state index in [2.05, 4.69) is 19.8 Å². The van der Waals surface area contributed by atoms with Crippen LogP contribution in [0.25, 0.3) is 0 Å². The van der Waals surface area contributed by atoms with Crippen LogP contribution < -0.4 is 4.72 Å². The fraction of sp³-hybridized carbons (Fsp3) is 0.455. The smallest absolute Gasteiger partial charge is 0.258 e. The van der Waals surface area contributed by atoms with Crippen LogP contribution >= 0.6 is 0 Å². The molecule has 0 fully saturated rings. The lowest BCUT2D eigenvalue weighted by molar-refractivity contribution is 0.391. The molecular formula is C11H16N4O3S. The zero-order valence-corrected chi connectivity index (χ0v) is 12.0. The fourth-order valence-electron chi connectivity index (χ4n) is 2.00. The molecule has 2 N–H and O–H groups in total. The Hall–Kier alpha value is -1.67. The van der Waals surface area contributed by atoms with Gasteiger partial charge < -0.3 is 9.51 Å². The van der Waals surface area contributed by atoms with Crippen molar-refractivity contribution in [1.29, 1.82) is 0 Å². The van der Waals surface area contributed by atoms with Crippen LogP contribution in [0.15, 0.2) is 15.7 Å². The lowest BCUT2D eigenvalue weighted by Gasteiger charge is -2.12. The molecule has 7 nitrogen and oxygen atoms in total. The van der Waals surface area contributed by atoms with Crippen molar-refractivity contribution < 1.29 is 12.9 Å². The van der Waals surface area contributed by atoms with E-state index in [1.165, 1.54) is 6.20 Å². The normalized spacial score (nSPS) is 13.7. The molecule has 8 heteroatoms. The van der Waals surface area contributed by atoms with Crippen molar-refractivity contribution in [2.45, 2.75) is 38.8 Å². The monoisotopic (exact) mass is 284 g/mol. The van der Waals surface area contributed by atoms with Crippen molar-refractivity contribution in [1.82, 2.24) is 19.8 Å². The maximum Gasteiger partial charge on any atom is 0.258 e. The predicted molar refractivity (Wildman–Crippen MR) is 68.0 cm³/mol. The van der Waals surface area contributed by atoms with Crippen molar-refractivity contribution in [3.8, 4) is 0 Å². The van der Waals surface area contributed by atoms with Crippen LogP contribution in [0.3, 0.4) is 0 Å². The third kappa shape index (κ3) is 2.69. The third-order valence-electron chi connectivity index (χ3n) is 2.82. The molecule has 1 unspecified atom stereocenters. The minimum absolute atomic E-state index is 0.0450. The molecule has 0 spiro atoms. The second-order valence-corrected chi connectivity index (χ2v) is 6.10. The second kappa shape index (κ2) is 4.78. The van der Waals surface area contributed by atoms with Gasteiger partial charge in [0.2, 0.25) is 0 Å². The largest absolute Gasteiger partial charge is 0.361 e. The Bertz CT molecular complexity index is 667. The Morgan fingerprint density at radius 1 is 1.37 bits per heavy atom. The van der Waals surface area contributed by atoms with Gasteiger partial charge in [0.25, 0.3) is 10.0 Å². The van der Waals surface area contributed by atoms with Gasteiger partial charge in [0, 0.05) is 11.6 Å². The number of aryl methyl sites for hydroxylation is 3. The summed E-state index contributed by atoms with van der Waals surface area (Å²) in [6.45, 7) is 6.96. The van der Waals surface area contributed by atoms with Crippen molar-refractivity contribution in [3.63, 3.8) is 0 Å². The maximum absolute atomic E-state index is 12.1. The average molecular weight is 284 g/mol. The number of aromatic amines is 1. The molecule has 104 valence electrons. The molecule has 0 amide bonds. The van der Waals surface area contributed by atoms with Crippen LogP contribution in [0.5, 0.6) is 0 Å². The van der Waals surface area contributed by atoms with Crippen molar-refractivity contribution in [2.75, 3.05) is 0 Å². The van der Waals surface area contributed by atoms with Crippen molar-refractivity contribution in [2.24, 2.45) is 0 Å². The highest BCUT2D eigenvalue weighted by Gasteiger charge is 2.24. The van der Waals surface area contributed by atoms with E-state index in [0.29, 0.717) is 17.3 Å². The number of hydrogen-bond acceptors (Lipinski definition) is 5. The molecule has 0 radical (unpaired) electrons. The first-order valence-corrected chi connectivity index (χ1v) is 7.26. The standard InChI is InChI=1S/C11H16N4O3S/c1-6-11(8(3)18-14-6)7(2)15-19(16,17)10-5-12-9(4)13-10/h5,7,15H,1-4H3,(H,12,13). The number of rotatable bonds is 4. The summed E-state index contributed by atoms with van der Waals surface area (Å²) in [6.07, 6.45) is 1.29. The van der Waals surface area contributed by atoms with Crippen LogP contribution in [0.4, 0.5) is 0 Å². The summed E-state index contributed by atoms with van der Waals surface area (Å²) in [6, 6.07) is -0.431. The van der Waals surface area contributed by atoms with Gasteiger partial charge in [-0.05, 0) is 27.7 Å². The van der Waals surface area contributed by atoms with E-state index in [1.54, 1.807) is 27.7 Å². The molecule has 2 heterocycles. The molecule has 0 aliphatic carbocycles. The number of imidazole rings is 1. The minimum Gasteiger partial charge on any atom is -0.361 e. The first-order valence-electron chi connectivity index (χ1n) is 5.78. The van der Waals surface area contributed by atoms with E-state index in [0.717, 1.165) is 5.56 Å². The third-order valence-corrected chi connectivity index (χ3v) is 4.27. The van der Waals surface area contributed by atoms with Gasteiger partial charge in [0.15, 0.2) is 5.03 Å². The zero-order valence-electron chi connectivity index (χ0n) is 11.2. The van der Waals surface area contributed by atoms with Gasteiger partial charge in [-0.2, -0.15) is 0 Å². The zero-order chi connectivity index (χ0) is 14.2. The van der Waals surface area contributed by atoms with Gasteiger partial charge >= 0.3 is 0 Å². The molecule has 0 aliphatic rings. The molecule has 2 aromatic rings. The number of sulfonamides is 1. The number of nitrogens with zero attached hydrogens (tertiary/aromatic N) is 2. The van der Waals surface area contributed by atoms with Crippen LogP contribution in [0.1, 0.15) is 35.8 Å². The SMILES string of the molecule is Cc1ncc(S(=O)(=O)NC(C)c2c(C)noc2C)[nH]1. The Labute approximate surface area is 111 Å². The van der Waals surface area contributed by atoms with Crippen LogP contribution in [0, 0.1) is 20.8 Å². The van der Waals surface area contributed by atoms with Crippen molar-refractivity contribution >= 4 is 10.0 Å². The summed E-state index contributed by atoms with van der Waals surface area (Å²) in [5.41, 5.74) is 1.42. The van der Waals surface area contributed by atoms with E-state index in [1.807, 2.05) is 0 Å². The summed E-state index contributed by atoms with van der Waals surface area (Å²) in [5.74, 6) is 1.15. The Kier molecular flexibility index (Phi) is 3.46. The number of aromatic nitrogens is 3. The summed E-state index contributed by atoms with van der Waals surface area (Å²) in [4.78, 5) is 6.58. The molecule has 2 rings (SSSR count). The van der Waals surface area contributed by atoms with E-state index >= 15 is 0 Å². The highest BCUT2D eigenvalue weighted by atomic mass is 32.2. The summed E-state index contributed by atoms with van der Waals surface area (Å²) in [5, 5.41) is 3.86. The van der Waals surface area contributed by atoms with Gasteiger partial charge in [0.1, 0.15) is 11.6 Å².